The molecule has 0 aliphatic heterocycles. The van der Waals surface area contributed by atoms with E-state index in [0.29, 0.717) is 41.8 Å². The van der Waals surface area contributed by atoms with E-state index in [4.69, 9.17) is 18.9 Å². The van der Waals surface area contributed by atoms with Crippen LogP contribution in [0.4, 0.5) is 0 Å². The molecule has 0 N–H and O–H groups in total. The number of rotatable bonds is 8. The van der Waals surface area contributed by atoms with Crippen LogP contribution in [0.5, 0.6) is 11.5 Å². The summed E-state index contributed by atoms with van der Waals surface area (Å²) in [6.45, 7) is 23.8. The second-order valence-corrected chi connectivity index (χ2v) is 18.8. The van der Waals surface area contributed by atoms with Crippen molar-refractivity contribution in [3.8, 4) is 11.5 Å². The second kappa shape index (κ2) is 14.0. The fourth-order valence-corrected chi connectivity index (χ4v) is 13.4. The van der Waals surface area contributed by atoms with Gasteiger partial charge in [-0.25, -0.2) is 4.79 Å². The molecule has 0 bridgehead atoms. The van der Waals surface area contributed by atoms with Gasteiger partial charge in [0.1, 0.15) is 6.10 Å². The van der Waals surface area contributed by atoms with Crippen molar-refractivity contribution in [3.63, 3.8) is 0 Å². The third kappa shape index (κ3) is 6.68. The molecule has 5 aliphatic rings. The molecule has 0 radical (unpaired) electrons. The molecule has 5 aliphatic carbocycles. The van der Waals surface area contributed by atoms with Crippen LogP contribution < -0.4 is 9.47 Å². The highest BCUT2D eigenvalue weighted by molar-refractivity contribution is 5.87. The van der Waals surface area contributed by atoms with Crippen LogP contribution in [-0.2, 0) is 28.7 Å². The molecular formula is C45H62O8. The molecule has 8 heteroatoms. The van der Waals surface area contributed by atoms with Crippen LogP contribution >= 0.6 is 0 Å². The Hall–Kier alpha value is -3.42. The highest BCUT2D eigenvalue weighted by atomic mass is 16.6. The Morgan fingerprint density at radius 1 is 0.755 bits per heavy atom. The number of hydrogen-bond donors (Lipinski definition) is 0. The molecule has 290 valence electrons. The molecule has 1 aromatic rings. The topological polar surface area (TPSA) is 105 Å². The lowest BCUT2D eigenvalue weighted by molar-refractivity contribution is -0.251. The number of hydrogen-bond acceptors (Lipinski definition) is 8. The van der Waals surface area contributed by atoms with Crippen molar-refractivity contribution in [1.29, 1.82) is 0 Å². The van der Waals surface area contributed by atoms with Gasteiger partial charge in [-0.15, -0.1) is 0 Å². The van der Waals surface area contributed by atoms with Gasteiger partial charge in [-0.05, 0) is 141 Å². The molecule has 10 atom stereocenters. The Morgan fingerprint density at radius 3 is 2.11 bits per heavy atom. The zero-order chi connectivity index (χ0) is 38.7. The van der Waals surface area contributed by atoms with Gasteiger partial charge in [0.25, 0.3) is 0 Å². The van der Waals surface area contributed by atoms with E-state index in [-0.39, 0.29) is 50.6 Å². The summed E-state index contributed by atoms with van der Waals surface area (Å²) in [7, 11) is 0. The van der Waals surface area contributed by atoms with Crippen molar-refractivity contribution in [2.75, 3.05) is 6.61 Å². The van der Waals surface area contributed by atoms with Gasteiger partial charge in [0.2, 0.25) is 0 Å². The van der Waals surface area contributed by atoms with Crippen LogP contribution in [0.2, 0.25) is 0 Å². The molecule has 6 rings (SSSR count). The molecule has 8 nitrogen and oxygen atoms in total. The summed E-state index contributed by atoms with van der Waals surface area (Å²) in [4.78, 5) is 48.6. The lowest BCUT2D eigenvalue weighted by Crippen LogP contribution is -2.67. The van der Waals surface area contributed by atoms with Crippen LogP contribution in [0.1, 0.15) is 132 Å². The Kier molecular flexibility index (Phi) is 10.4. The molecule has 5 fully saturated rings. The van der Waals surface area contributed by atoms with E-state index in [9.17, 15) is 19.2 Å². The first-order valence-electron chi connectivity index (χ1n) is 20.0. The van der Waals surface area contributed by atoms with E-state index in [1.54, 1.807) is 31.2 Å². The average Bonchev–Trinajstić information content (AvgIpc) is 3.45. The molecule has 53 heavy (non-hydrogen) atoms. The van der Waals surface area contributed by atoms with Crippen molar-refractivity contribution in [2.45, 2.75) is 133 Å². The van der Waals surface area contributed by atoms with Gasteiger partial charge in [0.05, 0.1) is 6.61 Å². The van der Waals surface area contributed by atoms with Crippen LogP contribution in [-0.4, -0.2) is 36.6 Å². The maximum Gasteiger partial charge on any atom is 0.331 e. The van der Waals surface area contributed by atoms with Crippen LogP contribution in [0.3, 0.4) is 0 Å². The van der Waals surface area contributed by atoms with Gasteiger partial charge in [-0.2, -0.15) is 0 Å². The fraction of sp³-hybridized carbons (Fsp3) is 0.689. The molecule has 0 saturated heterocycles. The molecule has 0 unspecified atom stereocenters. The number of ether oxygens (including phenoxy) is 4. The lowest BCUT2D eigenvalue weighted by atomic mass is 9.32. The van der Waals surface area contributed by atoms with Gasteiger partial charge in [-0.3, -0.25) is 14.4 Å². The Balaban J connectivity index is 1.19. The first kappa shape index (κ1) is 39.3. The maximum atomic E-state index is 13.3. The fourth-order valence-electron chi connectivity index (χ4n) is 13.4. The van der Waals surface area contributed by atoms with Gasteiger partial charge < -0.3 is 18.9 Å². The zero-order valence-corrected chi connectivity index (χ0v) is 33.6. The highest BCUT2D eigenvalue weighted by Crippen LogP contribution is 2.77. The van der Waals surface area contributed by atoms with Crippen molar-refractivity contribution in [1.82, 2.24) is 0 Å². The molecule has 0 spiro atoms. The largest absolute Gasteiger partial charge is 0.465 e. The van der Waals surface area contributed by atoms with Crippen molar-refractivity contribution < 1.29 is 38.1 Å². The van der Waals surface area contributed by atoms with Gasteiger partial charge in [0, 0.05) is 37.7 Å². The first-order valence-corrected chi connectivity index (χ1v) is 20.0. The summed E-state index contributed by atoms with van der Waals surface area (Å²) < 4.78 is 22.5. The zero-order valence-electron chi connectivity index (χ0n) is 33.6. The predicted octanol–water partition coefficient (Wildman–Crippen LogP) is 9.68. The monoisotopic (exact) mass is 730 g/mol. The summed E-state index contributed by atoms with van der Waals surface area (Å²) in [5, 5.41) is 0. The van der Waals surface area contributed by atoms with E-state index < -0.39 is 17.9 Å². The van der Waals surface area contributed by atoms with E-state index in [1.165, 1.54) is 51.2 Å². The molecule has 1 aromatic carbocycles. The average molecular weight is 731 g/mol. The predicted molar refractivity (Wildman–Crippen MR) is 204 cm³/mol. The van der Waals surface area contributed by atoms with Crippen LogP contribution in [0.25, 0.3) is 6.08 Å². The molecule has 0 heterocycles. The minimum atomic E-state index is -0.544. The van der Waals surface area contributed by atoms with E-state index in [0.717, 1.165) is 38.5 Å². The van der Waals surface area contributed by atoms with Crippen molar-refractivity contribution in [2.24, 2.45) is 56.7 Å². The molecule has 0 aromatic heterocycles. The quantitative estimate of drug-likeness (QED) is 0.113. The first-order chi connectivity index (χ1) is 24.8. The summed E-state index contributed by atoms with van der Waals surface area (Å²) >= 11 is 0. The lowest BCUT2D eigenvalue weighted by Gasteiger charge is -2.73. The molecule has 5 saturated carbocycles. The van der Waals surface area contributed by atoms with Crippen molar-refractivity contribution >= 4 is 30.0 Å². The van der Waals surface area contributed by atoms with E-state index in [1.807, 2.05) is 0 Å². The number of benzene rings is 1. The van der Waals surface area contributed by atoms with Crippen LogP contribution in [0.15, 0.2) is 36.4 Å². The number of fused-ring (bicyclic) bond motifs is 7. The third-order valence-corrected chi connectivity index (χ3v) is 15.9. The number of carbonyl (C=O) groups excluding carboxylic acids is 4. The standard InChI is InChI=1S/C45H62O8/c1-27(2)32-17-22-45(26-50-28(3)46)24-23-43(9)33(40(32)45)13-15-37-42(8)20-19-38(41(6,7)36(42)18-21-44(37,43)10)53-39(49)16-12-31-11-14-34(51-29(4)47)35(25-31)52-30(5)48/h11-12,14,16,25,32-33,36-38,40H,1,13,15,17-24,26H2,2-10H3/b16-12+/t32-,33+,36-,37+,38-,40+,42-,43+,44+,45+/m0/s1. The van der Waals surface area contributed by atoms with Crippen molar-refractivity contribution in [3.05, 3.63) is 42.0 Å². The summed E-state index contributed by atoms with van der Waals surface area (Å²) in [6, 6.07) is 4.79. The maximum absolute atomic E-state index is 13.3. The Morgan fingerprint density at radius 2 is 1.45 bits per heavy atom. The minimum absolute atomic E-state index is 0.0557. The highest BCUT2D eigenvalue weighted by Gasteiger charge is 2.71. The van der Waals surface area contributed by atoms with Crippen LogP contribution in [0, 0.1) is 56.7 Å². The Bertz CT molecular complexity index is 1690. The molecular weight excluding hydrogens is 668 g/mol. The third-order valence-electron chi connectivity index (χ3n) is 15.9. The number of allylic oxidation sites excluding steroid dienone is 1. The van der Waals surface area contributed by atoms with E-state index in [2.05, 4.69) is 48.1 Å². The Labute approximate surface area is 316 Å². The smallest absolute Gasteiger partial charge is 0.331 e. The molecule has 0 amide bonds. The SMILES string of the molecule is C=C(C)[C@@H]1CC[C@]2(COC(C)=O)CC[C@]3(C)[C@H](CC[C@@H]4[C@@]5(C)CC[C@H](OC(=O)/C=C/c6ccc(OC(C)=O)c(OC(C)=O)c6)C(C)(C)[C@@H]5CC[C@]43C)[C@@H]12. The number of esters is 4. The van der Waals surface area contributed by atoms with Gasteiger partial charge >= 0.3 is 23.9 Å². The number of carbonyl (C=O) groups is 4. The van der Waals surface area contributed by atoms with E-state index >= 15 is 0 Å². The summed E-state index contributed by atoms with van der Waals surface area (Å²) in [6.07, 6.45) is 14.0. The summed E-state index contributed by atoms with van der Waals surface area (Å²) in [5.74, 6) is 1.17. The normalized spacial score (nSPS) is 38.4. The summed E-state index contributed by atoms with van der Waals surface area (Å²) in [5.41, 5.74) is 2.27. The van der Waals surface area contributed by atoms with Gasteiger partial charge in [-0.1, -0.05) is 52.8 Å². The minimum Gasteiger partial charge on any atom is -0.465 e. The van der Waals surface area contributed by atoms with Gasteiger partial charge in [0.15, 0.2) is 11.5 Å². The second-order valence-electron chi connectivity index (χ2n) is 18.8.